The Hall–Kier alpha value is -1.82. The number of aryl methyl sites for hydroxylation is 1. The molecule has 0 unspecified atom stereocenters. The molecule has 0 amide bonds. The van der Waals surface area contributed by atoms with Gasteiger partial charge in [0, 0.05) is 38.4 Å². The van der Waals surface area contributed by atoms with E-state index in [1.807, 2.05) is 7.05 Å². The minimum atomic E-state index is 0.486. The summed E-state index contributed by atoms with van der Waals surface area (Å²) in [6, 6.07) is 6.76. The highest BCUT2D eigenvalue weighted by Crippen LogP contribution is 2.20. The number of hydrogen-bond acceptors (Lipinski definition) is 4. The molecule has 0 aliphatic carbocycles. The van der Waals surface area contributed by atoms with E-state index in [1.54, 1.807) is 0 Å². The molecule has 2 aliphatic heterocycles. The third-order valence-corrected chi connectivity index (χ3v) is 6.26. The lowest BCUT2D eigenvalue weighted by Gasteiger charge is -2.34. The molecular weight excluding hydrogens is 348 g/mol. The van der Waals surface area contributed by atoms with Gasteiger partial charge in [0.2, 0.25) is 0 Å². The largest absolute Gasteiger partial charge is 0.356 e. The number of nitrogens with zero attached hydrogens (tertiary/aromatic N) is 4. The molecule has 2 saturated heterocycles. The zero-order valence-electron chi connectivity index (χ0n) is 18.0. The Morgan fingerprint density at radius 1 is 1.14 bits per heavy atom. The highest BCUT2D eigenvalue weighted by molar-refractivity contribution is 5.79. The Labute approximate surface area is 170 Å². The van der Waals surface area contributed by atoms with Crippen LogP contribution in [0.2, 0.25) is 0 Å². The maximum absolute atomic E-state index is 4.66. The molecule has 2 N–H and O–H groups in total. The van der Waals surface area contributed by atoms with Crippen molar-refractivity contribution in [3.05, 3.63) is 23.9 Å². The summed E-state index contributed by atoms with van der Waals surface area (Å²) in [5.41, 5.74) is 1.09. The number of nitrogens with one attached hydrogen (secondary N) is 2. The molecule has 1 aromatic rings. The van der Waals surface area contributed by atoms with Gasteiger partial charge in [0.1, 0.15) is 5.82 Å². The topological polar surface area (TPSA) is 55.8 Å². The highest BCUT2D eigenvalue weighted by atomic mass is 15.2. The number of aliphatic imine (C=N–C) groups is 1. The van der Waals surface area contributed by atoms with Crippen molar-refractivity contribution in [2.75, 3.05) is 51.2 Å². The van der Waals surface area contributed by atoms with E-state index < -0.39 is 0 Å². The van der Waals surface area contributed by atoms with Crippen LogP contribution in [-0.4, -0.2) is 68.2 Å². The number of guanidine groups is 1. The van der Waals surface area contributed by atoms with Crippen LogP contribution in [0.15, 0.2) is 23.2 Å². The summed E-state index contributed by atoms with van der Waals surface area (Å²) >= 11 is 0. The predicted octanol–water partition coefficient (Wildman–Crippen LogP) is 2.65. The van der Waals surface area contributed by atoms with Gasteiger partial charge in [-0.25, -0.2) is 4.98 Å². The minimum absolute atomic E-state index is 0.486. The van der Waals surface area contributed by atoms with Crippen LogP contribution in [-0.2, 0) is 0 Å². The second kappa shape index (κ2) is 10.6. The molecule has 6 heteroatoms. The Morgan fingerprint density at radius 3 is 2.54 bits per heavy atom. The standard InChI is InChI=1S/C22H38N6/c1-4-27-14-9-19(10-15-27)8-13-24-22(23-3)26-20-11-16-28(17-12-20)21-7-5-6-18(2)25-21/h5-7,19-20H,4,8-17H2,1-3H3,(H2,23,24,26). The minimum Gasteiger partial charge on any atom is -0.356 e. The van der Waals surface area contributed by atoms with Crippen LogP contribution in [0.3, 0.4) is 0 Å². The fraction of sp³-hybridized carbons (Fsp3) is 0.727. The van der Waals surface area contributed by atoms with Gasteiger partial charge in [0.15, 0.2) is 5.96 Å². The third kappa shape index (κ3) is 6.09. The van der Waals surface area contributed by atoms with Gasteiger partial charge < -0.3 is 20.4 Å². The van der Waals surface area contributed by atoms with Gasteiger partial charge >= 0.3 is 0 Å². The van der Waals surface area contributed by atoms with Crippen LogP contribution in [0.4, 0.5) is 5.82 Å². The SMILES string of the molecule is CCN1CCC(CCNC(=NC)NC2CCN(c3cccc(C)n3)CC2)CC1. The summed E-state index contributed by atoms with van der Waals surface area (Å²) in [6.45, 7) is 11.1. The van der Waals surface area contributed by atoms with E-state index in [4.69, 9.17) is 0 Å². The van der Waals surface area contributed by atoms with Gasteiger partial charge in [-0.1, -0.05) is 13.0 Å². The monoisotopic (exact) mass is 386 g/mol. The van der Waals surface area contributed by atoms with Crippen molar-refractivity contribution in [3.8, 4) is 0 Å². The smallest absolute Gasteiger partial charge is 0.191 e. The summed E-state index contributed by atoms with van der Waals surface area (Å²) < 4.78 is 0. The number of piperidine rings is 2. The summed E-state index contributed by atoms with van der Waals surface area (Å²) in [5.74, 6) is 2.92. The maximum Gasteiger partial charge on any atom is 0.191 e. The van der Waals surface area contributed by atoms with Crippen molar-refractivity contribution in [1.29, 1.82) is 0 Å². The van der Waals surface area contributed by atoms with E-state index in [0.717, 1.165) is 55.9 Å². The van der Waals surface area contributed by atoms with Gasteiger partial charge in [0.05, 0.1) is 0 Å². The lowest BCUT2D eigenvalue weighted by atomic mass is 9.93. The van der Waals surface area contributed by atoms with Crippen molar-refractivity contribution in [1.82, 2.24) is 20.5 Å². The van der Waals surface area contributed by atoms with Gasteiger partial charge in [-0.3, -0.25) is 4.99 Å². The van der Waals surface area contributed by atoms with Gasteiger partial charge in [0.25, 0.3) is 0 Å². The normalized spacial score (nSPS) is 20.4. The van der Waals surface area contributed by atoms with Crippen LogP contribution in [0, 0.1) is 12.8 Å². The first-order chi connectivity index (χ1) is 13.7. The van der Waals surface area contributed by atoms with Gasteiger partial charge in [-0.15, -0.1) is 0 Å². The van der Waals surface area contributed by atoms with Crippen molar-refractivity contribution >= 4 is 11.8 Å². The van der Waals surface area contributed by atoms with E-state index in [1.165, 1.54) is 38.9 Å². The number of aromatic nitrogens is 1. The molecule has 2 fully saturated rings. The van der Waals surface area contributed by atoms with Crippen molar-refractivity contribution in [2.45, 2.75) is 52.0 Å². The van der Waals surface area contributed by atoms with E-state index in [9.17, 15) is 0 Å². The molecule has 156 valence electrons. The number of hydrogen-bond donors (Lipinski definition) is 2. The number of pyridine rings is 1. The van der Waals surface area contributed by atoms with Crippen LogP contribution in [0.5, 0.6) is 0 Å². The first kappa shape index (κ1) is 20.9. The Bertz CT molecular complexity index is 615. The van der Waals surface area contributed by atoms with E-state index in [0.29, 0.717) is 6.04 Å². The number of rotatable bonds is 6. The molecule has 3 heterocycles. The second-order valence-corrected chi connectivity index (χ2v) is 8.21. The Morgan fingerprint density at radius 2 is 1.89 bits per heavy atom. The lowest BCUT2D eigenvalue weighted by Crippen LogP contribution is -2.49. The molecule has 0 aromatic carbocycles. The lowest BCUT2D eigenvalue weighted by molar-refractivity contribution is 0.187. The Kier molecular flexibility index (Phi) is 7.95. The van der Waals surface area contributed by atoms with E-state index in [-0.39, 0.29) is 0 Å². The zero-order chi connectivity index (χ0) is 19.8. The maximum atomic E-state index is 4.66. The van der Waals surface area contributed by atoms with Crippen LogP contribution >= 0.6 is 0 Å². The zero-order valence-corrected chi connectivity index (χ0v) is 18.0. The molecule has 0 radical (unpaired) electrons. The number of anilines is 1. The molecule has 0 spiro atoms. The van der Waals surface area contributed by atoms with Crippen molar-refractivity contribution < 1.29 is 0 Å². The van der Waals surface area contributed by atoms with Crippen LogP contribution in [0.1, 0.15) is 44.7 Å². The van der Waals surface area contributed by atoms with Crippen LogP contribution < -0.4 is 15.5 Å². The van der Waals surface area contributed by atoms with Crippen molar-refractivity contribution in [2.24, 2.45) is 10.9 Å². The summed E-state index contributed by atoms with van der Waals surface area (Å²) in [7, 11) is 1.88. The Balaban J connectivity index is 1.35. The van der Waals surface area contributed by atoms with E-state index in [2.05, 4.69) is 62.5 Å². The molecular formula is C22H38N6. The van der Waals surface area contributed by atoms with Gasteiger partial charge in [-0.2, -0.15) is 0 Å². The quantitative estimate of drug-likeness (QED) is 0.581. The first-order valence-corrected chi connectivity index (χ1v) is 11.1. The average Bonchev–Trinajstić information content (AvgIpc) is 2.74. The first-order valence-electron chi connectivity index (χ1n) is 11.1. The second-order valence-electron chi connectivity index (χ2n) is 8.21. The molecule has 28 heavy (non-hydrogen) atoms. The van der Waals surface area contributed by atoms with Gasteiger partial charge in [-0.05, 0) is 76.7 Å². The molecule has 0 saturated carbocycles. The fourth-order valence-electron chi connectivity index (χ4n) is 4.33. The fourth-order valence-corrected chi connectivity index (χ4v) is 4.33. The third-order valence-electron chi connectivity index (χ3n) is 6.26. The highest BCUT2D eigenvalue weighted by Gasteiger charge is 2.21. The molecule has 2 aliphatic rings. The number of likely N-dealkylation sites (tertiary alicyclic amines) is 1. The average molecular weight is 387 g/mol. The molecule has 0 atom stereocenters. The van der Waals surface area contributed by atoms with Crippen LogP contribution in [0.25, 0.3) is 0 Å². The molecule has 3 rings (SSSR count). The predicted molar refractivity (Wildman–Crippen MR) is 118 cm³/mol. The molecule has 0 bridgehead atoms. The molecule has 1 aromatic heterocycles. The summed E-state index contributed by atoms with van der Waals surface area (Å²) in [6.07, 6.45) is 6.16. The van der Waals surface area contributed by atoms with Crippen molar-refractivity contribution in [3.63, 3.8) is 0 Å². The summed E-state index contributed by atoms with van der Waals surface area (Å²) in [4.78, 5) is 14.1. The summed E-state index contributed by atoms with van der Waals surface area (Å²) in [5, 5.41) is 7.17. The van der Waals surface area contributed by atoms with E-state index >= 15 is 0 Å². The molecule has 6 nitrogen and oxygen atoms in total.